The van der Waals surface area contributed by atoms with E-state index in [4.69, 9.17) is 27.3 Å². The maximum absolute atomic E-state index is 13.6. The molecule has 0 bridgehead atoms. The van der Waals surface area contributed by atoms with Gasteiger partial charge in [-0.05, 0) is 52.9 Å². The van der Waals surface area contributed by atoms with Gasteiger partial charge in [-0.25, -0.2) is 4.98 Å². The third kappa shape index (κ3) is 7.86. The molecule has 0 saturated heterocycles. The quantitative estimate of drug-likeness (QED) is 0.0747. The summed E-state index contributed by atoms with van der Waals surface area (Å²) in [5, 5.41) is 20.0. The molecule has 0 fully saturated rings. The standard InChI is InChI=1S/C33H36N8O.2ClH/c1-40-29-17-16-26(20-28(29)39-30(40)18-13-22-11-14-24(15-12-22)32(34)35)41(31(42)10-5-19-38-33(36)37)21-25-8-4-7-23-6-2-3-9-27(23)25;;/h2-4,6-9,11-12,14-17,20H,5,10,13,18-19,21H2,1H3,(H3,34,35)(H4,36,37,38);2*1H. The van der Waals surface area contributed by atoms with Crippen LogP contribution in [0.15, 0.2) is 84.9 Å². The minimum atomic E-state index is -0.0976. The summed E-state index contributed by atoms with van der Waals surface area (Å²) in [5.74, 6) is 0.922. The number of nitrogens with zero attached hydrogens (tertiary/aromatic N) is 3. The number of nitrogens with two attached hydrogens (primary N) is 2. The molecule has 5 rings (SSSR count). The number of halogens is 2. The number of benzene rings is 4. The minimum absolute atomic E-state index is 0. The maximum atomic E-state index is 13.6. The number of imidazole rings is 1. The fraction of sp³-hybridized carbons (Fsp3) is 0.212. The van der Waals surface area contributed by atoms with Crippen molar-refractivity contribution in [2.75, 3.05) is 11.4 Å². The number of aromatic nitrogens is 2. The van der Waals surface area contributed by atoms with E-state index in [1.165, 1.54) is 0 Å². The van der Waals surface area contributed by atoms with Crippen LogP contribution in [0.25, 0.3) is 21.8 Å². The summed E-state index contributed by atoms with van der Waals surface area (Å²) in [6.45, 7) is 0.894. The Morgan fingerprint density at radius 3 is 2.39 bits per heavy atom. The number of nitrogens with one attached hydrogen (secondary N) is 3. The molecule has 7 N–H and O–H groups in total. The molecule has 0 radical (unpaired) electrons. The topological polar surface area (TPSA) is 150 Å². The third-order valence-electron chi connectivity index (χ3n) is 7.56. The molecule has 0 aliphatic heterocycles. The van der Waals surface area contributed by atoms with Crippen molar-refractivity contribution in [3.8, 4) is 0 Å². The minimum Gasteiger partial charge on any atom is -0.384 e. The van der Waals surface area contributed by atoms with E-state index in [1.807, 2.05) is 72.6 Å². The van der Waals surface area contributed by atoms with Crippen molar-refractivity contribution in [2.24, 2.45) is 18.5 Å². The molecule has 0 aliphatic carbocycles. The summed E-state index contributed by atoms with van der Waals surface area (Å²) >= 11 is 0. The van der Waals surface area contributed by atoms with Crippen LogP contribution in [0.5, 0.6) is 0 Å². The molecule has 0 aliphatic rings. The number of rotatable bonds is 11. The zero-order valence-electron chi connectivity index (χ0n) is 24.5. The number of hydrogen-bond donors (Lipinski definition) is 5. The van der Waals surface area contributed by atoms with E-state index in [1.54, 1.807) is 0 Å². The lowest BCUT2D eigenvalue weighted by atomic mass is 10.0. The normalized spacial score (nSPS) is 10.6. The second kappa shape index (κ2) is 15.2. The van der Waals surface area contributed by atoms with Crippen LogP contribution in [0.2, 0.25) is 0 Å². The lowest BCUT2D eigenvalue weighted by molar-refractivity contribution is -0.118. The van der Waals surface area contributed by atoms with Gasteiger partial charge >= 0.3 is 0 Å². The Hall–Kier alpha value is -4.60. The van der Waals surface area contributed by atoms with E-state index in [2.05, 4.69) is 34.1 Å². The van der Waals surface area contributed by atoms with E-state index in [0.717, 1.165) is 57.3 Å². The van der Waals surface area contributed by atoms with E-state index in [-0.39, 0.29) is 42.5 Å². The van der Waals surface area contributed by atoms with Crippen LogP contribution in [0.3, 0.4) is 0 Å². The molecule has 0 atom stereocenters. The second-order valence-corrected chi connectivity index (χ2v) is 10.4. The first-order valence-electron chi connectivity index (χ1n) is 14.0. The molecule has 11 heteroatoms. The zero-order chi connectivity index (χ0) is 29.6. The van der Waals surface area contributed by atoms with Crippen LogP contribution in [-0.2, 0) is 31.2 Å². The second-order valence-electron chi connectivity index (χ2n) is 10.4. The number of amidine groups is 1. The Bertz CT molecular complexity index is 1760. The lowest BCUT2D eigenvalue weighted by Gasteiger charge is -2.24. The van der Waals surface area contributed by atoms with Crippen LogP contribution >= 0.6 is 24.8 Å². The van der Waals surface area contributed by atoms with Gasteiger partial charge in [0.1, 0.15) is 11.7 Å². The molecule has 0 spiro atoms. The number of carbonyl (C=O) groups excluding carboxylic acids is 1. The molecule has 5 aromatic rings. The number of aryl methyl sites for hydroxylation is 3. The molecular weight excluding hydrogens is 595 g/mol. The van der Waals surface area contributed by atoms with E-state index in [0.29, 0.717) is 31.5 Å². The zero-order valence-corrected chi connectivity index (χ0v) is 26.2. The summed E-state index contributed by atoms with van der Waals surface area (Å²) in [5.41, 5.74) is 16.6. The fourth-order valence-electron chi connectivity index (χ4n) is 5.26. The Kier molecular flexibility index (Phi) is 11.7. The van der Waals surface area contributed by atoms with Crippen LogP contribution in [0, 0.1) is 10.8 Å². The van der Waals surface area contributed by atoms with Crippen molar-refractivity contribution >= 4 is 70.0 Å². The average molecular weight is 634 g/mol. The first-order chi connectivity index (χ1) is 20.3. The van der Waals surface area contributed by atoms with Gasteiger partial charge in [-0.1, -0.05) is 66.7 Å². The largest absolute Gasteiger partial charge is 0.384 e. The molecule has 230 valence electrons. The highest BCUT2D eigenvalue weighted by molar-refractivity contribution is 5.97. The monoisotopic (exact) mass is 632 g/mol. The van der Waals surface area contributed by atoms with Gasteiger partial charge in [0.15, 0.2) is 5.96 Å². The van der Waals surface area contributed by atoms with Crippen molar-refractivity contribution in [1.82, 2.24) is 14.9 Å². The molecule has 1 amide bonds. The van der Waals surface area contributed by atoms with Gasteiger partial charge in [0.25, 0.3) is 0 Å². The number of fused-ring (bicyclic) bond motifs is 2. The predicted molar refractivity (Wildman–Crippen MR) is 184 cm³/mol. The highest BCUT2D eigenvalue weighted by atomic mass is 35.5. The number of nitrogen functional groups attached to an aromatic ring is 1. The van der Waals surface area contributed by atoms with Gasteiger partial charge < -0.3 is 26.3 Å². The third-order valence-corrected chi connectivity index (χ3v) is 7.56. The first kappa shape index (κ1) is 33.9. The highest BCUT2D eigenvalue weighted by Crippen LogP contribution is 2.27. The van der Waals surface area contributed by atoms with Crippen molar-refractivity contribution in [2.45, 2.75) is 32.2 Å². The SMILES string of the molecule is Cl.Cl.Cn1c(CCc2ccc(C(=N)N)cc2)nc2cc(N(Cc3cccc4ccccc34)C(=O)CCCNC(=N)N)ccc21. The average Bonchev–Trinajstić information content (AvgIpc) is 3.31. The van der Waals surface area contributed by atoms with Gasteiger partial charge in [0.05, 0.1) is 17.6 Å². The van der Waals surface area contributed by atoms with Gasteiger partial charge in [0.2, 0.25) is 5.91 Å². The van der Waals surface area contributed by atoms with Crippen molar-refractivity contribution in [3.63, 3.8) is 0 Å². The van der Waals surface area contributed by atoms with Gasteiger partial charge in [-0.15, -0.1) is 24.8 Å². The van der Waals surface area contributed by atoms with Crippen molar-refractivity contribution in [3.05, 3.63) is 107 Å². The molecule has 0 saturated carbocycles. The molecule has 4 aromatic carbocycles. The highest BCUT2D eigenvalue weighted by Gasteiger charge is 2.19. The van der Waals surface area contributed by atoms with Crippen molar-refractivity contribution in [1.29, 1.82) is 10.8 Å². The van der Waals surface area contributed by atoms with Gasteiger partial charge in [0, 0.05) is 37.7 Å². The Morgan fingerprint density at radius 1 is 0.932 bits per heavy atom. The summed E-state index contributed by atoms with van der Waals surface area (Å²) in [7, 11) is 2.02. The number of amides is 1. The van der Waals surface area contributed by atoms with Crippen LogP contribution in [-0.4, -0.2) is 33.8 Å². The molecule has 1 aromatic heterocycles. The fourth-order valence-corrected chi connectivity index (χ4v) is 5.26. The molecule has 0 unspecified atom stereocenters. The number of carbonyl (C=O) groups is 1. The number of hydrogen-bond acceptors (Lipinski definition) is 4. The van der Waals surface area contributed by atoms with Gasteiger partial charge in [-0.3, -0.25) is 15.6 Å². The van der Waals surface area contributed by atoms with E-state index >= 15 is 0 Å². The van der Waals surface area contributed by atoms with Crippen LogP contribution < -0.4 is 21.7 Å². The van der Waals surface area contributed by atoms with Gasteiger partial charge in [-0.2, -0.15) is 0 Å². The Balaban J connectivity index is 0.00000264. The Morgan fingerprint density at radius 2 is 1.66 bits per heavy atom. The smallest absolute Gasteiger partial charge is 0.227 e. The van der Waals surface area contributed by atoms with Crippen molar-refractivity contribution < 1.29 is 4.79 Å². The molecular formula is C33H38Cl2N8O. The summed E-state index contributed by atoms with van der Waals surface area (Å²) < 4.78 is 2.10. The summed E-state index contributed by atoms with van der Waals surface area (Å²) in [6, 6.07) is 28.1. The number of anilines is 1. The van der Waals surface area contributed by atoms with Crippen LogP contribution in [0.1, 0.15) is 35.4 Å². The molecule has 9 nitrogen and oxygen atoms in total. The molecule has 44 heavy (non-hydrogen) atoms. The van der Waals surface area contributed by atoms with Crippen LogP contribution in [0.4, 0.5) is 5.69 Å². The summed E-state index contributed by atoms with van der Waals surface area (Å²) in [4.78, 5) is 20.4. The Labute approximate surface area is 269 Å². The molecule has 1 heterocycles. The number of guanidine groups is 1. The van der Waals surface area contributed by atoms with E-state index < -0.39 is 0 Å². The maximum Gasteiger partial charge on any atom is 0.227 e. The first-order valence-corrected chi connectivity index (χ1v) is 14.0. The lowest BCUT2D eigenvalue weighted by Crippen LogP contribution is -2.33. The van der Waals surface area contributed by atoms with E-state index in [9.17, 15) is 4.79 Å². The summed E-state index contributed by atoms with van der Waals surface area (Å²) in [6.07, 6.45) is 2.44. The predicted octanol–water partition coefficient (Wildman–Crippen LogP) is 5.44.